The normalized spacial score (nSPS) is 21.2. The summed E-state index contributed by atoms with van der Waals surface area (Å²) in [6.45, 7) is 6.22. The number of rotatable bonds is 8. The van der Waals surface area contributed by atoms with E-state index in [0.717, 1.165) is 37.8 Å². The highest BCUT2D eigenvalue weighted by molar-refractivity contribution is 6.05. The summed E-state index contributed by atoms with van der Waals surface area (Å²) in [5.41, 5.74) is 14.7. The zero-order chi connectivity index (χ0) is 29.2. The third-order valence-corrected chi connectivity index (χ3v) is 8.59. The Morgan fingerprint density at radius 3 is 2.54 bits per heavy atom. The quantitative estimate of drug-likeness (QED) is 0.451. The number of carbonyl (C=O) groups excluding carboxylic acids is 2. The SMILES string of the molecule is COCC1(C(=O)N2CCC[C@@H](C(C)(C)N3C=CN=C(N)/C3=C(/N)c3ccc(C(=O)Nc4ccccn4)cc3)C2)CC1. The average Bonchev–Trinajstić information content (AvgIpc) is 3.78. The summed E-state index contributed by atoms with van der Waals surface area (Å²) in [5.74, 6) is 0.914. The molecule has 10 heteroatoms. The molecule has 5 N–H and O–H groups in total. The molecule has 1 saturated heterocycles. The van der Waals surface area contributed by atoms with Crippen LogP contribution < -0.4 is 16.8 Å². The first-order valence-corrected chi connectivity index (χ1v) is 14.1. The first kappa shape index (κ1) is 28.4. The van der Waals surface area contributed by atoms with E-state index in [4.69, 9.17) is 16.2 Å². The third kappa shape index (κ3) is 5.69. The highest BCUT2D eigenvalue weighted by Crippen LogP contribution is 2.48. The minimum absolute atomic E-state index is 0.176. The molecule has 1 saturated carbocycles. The number of benzene rings is 1. The van der Waals surface area contributed by atoms with Crippen LogP contribution in [0.3, 0.4) is 0 Å². The number of methoxy groups -OCH3 is 1. The summed E-state index contributed by atoms with van der Waals surface area (Å²) < 4.78 is 5.37. The number of nitrogens with one attached hydrogen (secondary N) is 1. The van der Waals surface area contributed by atoms with Gasteiger partial charge in [0.2, 0.25) is 5.91 Å². The van der Waals surface area contributed by atoms with Gasteiger partial charge in [-0.15, -0.1) is 0 Å². The van der Waals surface area contributed by atoms with Gasteiger partial charge in [-0.2, -0.15) is 0 Å². The molecule has 2 aromatic rings. The summed E-state index contributed by atoms with van der Waals surface area (Å²) >= 11 is 0. The number of hydrogen-bond donors (Lipinski definition) is 3. The van der Waals surface area contributed by atoms with Crippen LogP contribution in [-0.4, -0.2) is 64.8 Å². The molecule has 2 aliphatic heterocycles. The zero-order valence-electron chi connectivity index (χ0n) is 24.0. The molecule has 1 atom stereocenters. The summed E-state index contributed by atoms with van der Waals surface area (Å²) in [6.07, 6.45) is 8.89. The Bertz CT molecular complexity index is 1380. The second kappa shape index (κ2) is 11.4. The summed E-state index contributed by atoms with van der Waals surface area (Å²) in [6, 6.07) is 12.4. The maximum atomic E-state index is 13.4. The van der Waals surface area contributed by atoms with Crippen LogP contribution in [0.5, 0.6) is 0 Å². The lowest BCUT2D eigenvalue weighted by atomic mass is 9.79. The standard InChI is InChI=1S/C31H39N7O3/c1-30(2,23-7-6-17-37(19-23)29(40)31(13-14-31)20-41-3)38-18-16-35-27(33)26(38)25(32)21-9-11-22(12-10-21)28(39)36-24-8-4-5-15-34-24/h4-5,8-12,15-16,18,23H,6-7,13-14,17,19-20,32H2,1-3H3,(H2,33,35)(H,34,36,39)/b26-25-/t23-/m1/s1. The van der Waals surface area contributed by atoms with Crippen molar-refractivity contribution in [2.75, 3.05) is 32.1 Å². The Balaban J connectivity index is 1.37. The first-order valence-electron chi connectivity index (χ1n) is 14.1. The summed E-state index contributed by atoms with van der Waals surface area (Å²) in [7, 11) is 1.66. The fourth-order valence-electron chi connectivity index (χ4n) is 5.87. The second-order valence-corrected chi connectivity index (χ2v) is 11.6. The zero-order valence-corrected chi connectivity index (χ0v) is 24.0. The molecule has 3 heterocycles. The lowest BCUT2D eigenvalue weighted by molar-refractivity contribution is -0.141. The largest absolute Gasteiger partial charge is 0.396 e. The fourth-order valence-corrected chi connectivity index (χ4v) is 5.87. The number of nitrogens with two attached hydrogens (primary N) is 2. The van der Waals surface area contributed by atoms with Crippen molar-refractivity contribution in [1.82, 2.24) is 14.8 Å². The third-order valence-electron chi connectivity index (χ3n) is 8.59. The molecule has 0 spiro atoms. The minimum Gasteiger partial charge on any atom is -0.396 e. The van der Waals surface area contributed by atoms with Gasteiger partial charge in [0.05, 0.1) is 17.7 Å². The van der Waals surface area contributed by atoms with E-state index in [0.29, 0.717) is 41.8 Å². The van der Waals surface area contributed by atoms with Crippen LogP contribution in [-0.2, 0) is 9.53 Å². The van der Waals surface area contributed by atoms with Gasteiger partial charge < -0.3 is 31.3 Å². The van der Waals surface area contributed by atoms with E-state index in [-0.39, 0.29) is 23.1 Å². The van der Waals surface area contributed by atoms with E-state index in [1.807, 2.05) is 17.2 Å². The summed E-state index contributed by atoms with van der Waals surface area (Å²) in [4.78, 5) is 38.7. The van der Waals surface area contributed by atoms with Gasteiger partial charge in [-0.05, 0) is 75.3 Å². The molecule has 1 aliphatic carbocycles. The average molecular weight is 558 g/mol. The monoisotopic (exact) mass is 557 g/mol. The Morgan fingerprint density at radius 2 is 1.88 bits per heavy atom. The Hall–Kier alpha value is -4.18. The number of aromatic nitrogens is 1. The number of pyridine rings is 1. The molecule has 2 fully saturated rings. The molecular formula is C31H39N7O3. The van der Waals surface area contributed by atoms with Crippen molar-refractivity contribution in [2.45, 2.75) is 45.1 Å². The van der Waals surface area contributed by atoms with Crippen LogP contribution in [0.2, 0.25) is 0 Å². The van der Waals surface area contributed by atoms with Gasteiger partial charge in [-0.25, -0.2) is 9.98 Å². The maximum Gasteiger partial charge on any atom is 0.256 e. The van der Waals surface area contributed by atoms with Crippen LogP contribution in [0.1, 0.15) is 55.5 Å². The van der Waals surface area contributed by atoms with Crippen molar-refractivity contribution in [1.29, 1.82) is 0 Å². The predicted octanol–water partition coefficient (Wildman–Crippen LogP) is 3.55. The number of amides is 2. The number of hydrogen-bond acceptors (Lipinski definition) is 8. The number of anilines is 1. The molecule has 2 amide bonds. The predicted molar refractivity (Wildman–Crippen MR) is 159 cm³/mol. The van der Waals surface area contributed by atoms with Crippen molar-refractivity contribution < 1.29 is 14.3 Å². The van der Waals surface area contributed by atoms with Crippen LogP contribution in [0, 0.1) is 11.3 Å². The van der Waals surface area contributed by atoms with Gasteiger partial charge in [0.25, 0.3) is 5.91 Å². The van der Waals surface area contributed by atoms with Gasteiger partial charge >= 0.3 is 0 Å². The first-order chi connectivity index (χ1) is 19.7. The van der Waals surface area contributed by atoms with E-state index >= 15 is 0 Å². The highest BCUT2D eigenvalue weighted by atomic mass is 16.5. The second-order valence-electron chi connectivity index (χ2n) is 11.6. The van der Waals surface area contributed by atoms with E-state index < -0.39 is 5.54 Å². The molecular weight excluding hydrogens is 518 g/mol. The highest BCUT2D eigenvalue weighted by Gasteiger charge is 2.53. The molecule has 1 aromatic heterocycles. The number of aliphatic imine (C=N–C) groups is 1. The van der Waals surface area contributed by atoms with Gasteiger partial charge in [0.1, 0.15) is 17.4 Å². The lowest BCUT2D eigenvalue weighted by Crippen LogP contribution is -2.56. The van der Waals surface area contributed by atoms with Crippen LogP contribution in [0.15, 0.2) is 71.8 Å². The molecule has 0 unspecified atom stereocenters. The summed E-state index contributed by atoms with van der Waals surface area (Å²) in [5, 5.41) is 2.79. The van der Waals surface area contributed by atoms with Crippen molar-refractivity contribution in [3.63, 3.8) is 0 Å². The number of carbonyl (C=O) groups is 2. The van der Waals surface area contributed by atoms with Crippen molar-refractivity contribution in [3.8, 4) is 0 Å². The van der Waals surface area contributed by atoms with Crippen LogP contribution >= 0.6 is 0 Å². The molecule has 5 rings (SSSR count). The van der Waals surface area contributed by atoms with Gasteiger partial charge in [-0.1, -0.05) is 18.2 Å². The minimum atomic E-state index is -0.420. The van der Waals surface area contributed by atoms with E-state index in [1.165, 1.54) is 0 Å². The Morgan fingerprint density at radius 1 is 1.15 bits per heavy atom. The molecule has 3 aliphatic rings. The topological polar surface area (TPSA) is 139 Å². The molecule has 0 bridgehead atoms. The lowest BCUT2D eigenvalue weighted by Gasteiger charge is -2.49. The molecule has 10 nitrogen and oxygen atoms in total. The van der Waals surface area contributed by atoms with Crippen LogP contribution in [0.25, 0.3) is 5.70 Å². The van der Waals surface area contributed by atoms with Crippen molar-refractivity contribution in [2.24, 2.45) is 27.8 Å². The molecule has 1 aromatic carbocycles. The van der Waals surface area contributed by atoms with Crippen molar-refractivity contribution in [3.05, 3.63) is 77.9 Å². The number of amidine groups is 1. The number of ether oxygens (including phenoxy) is 1. The van der Waals surface area contributed by atoms with E-state index in [2.05, 4.69) is 34.0 Å². The Labute approximate surface area is 241 Å². The number of piperidine rings is 1. The van der Waals surface area contributed by atoms with Crippen LogP contribution in [0.4, 0.5) is 5.82 Å². The fraction of sp³-hybridized carbons (Fsp3) is 0.419. The maximum absolute atomic E-state index is 13.4. The molecule has 41 heavy (non-hydrogen) atoms. The number of likely N-dealkylation sites (tertiary alicyclic amines) is 1. The van der Waals surface area contributed by atoms with Gasteiger partial charge in [0.15, 0.2) is 0 Å². The smallest absolute Gasteiger partial charge is 0.256 e. The van der Waals surface area contributed by atoms with Crippen molar-refractivity contribution >= 4 is 29.2 Å². The Kier molecular flexibility index (Phi) is 7.86. The number of nitrogens with zero attached hydrogens (tertiary/aromatic N) is 4. The van der Waals surface area contributed by atoms with E-state index in [9.17, 15) is 9.59 Å². The van der Waals surface area contributed by atoms with Gasteiger partial charge in [0, 0.05) is 49.9 Å². The van der Waals surface area contributed by atoms with Gasteiger partial charge in [-0.3, -0.25) is 9.59 Å². The van der Waals surface area contributed by atoms with E-state index in [1.54, 1.807) is 55.9 Å². The molecule has 0 radical (unpaired) electrons. The molecule has 216 valence electrons.